The predicted molar refractivity (Wildman–Crippen MR) is 92.8 cm³/mol. The highest BCUT2D eigenvalue weighted by Gasteiger charge is 2.18. The highest BCUT2D eigenvalue weighted by Crippen LogP contribution is 2.23. The van der Waals surface area contributed by atoms with Crippen molar-refractivity contribution in [3.8, 4) is 0 Å². The van der Waals surface area contributed by atoms with E-state index in [1.165, 1.54) is 12.8 Å². The van der Waals surface area contributed by atoms with Crippen LogP contribution in [0, 0.1) is 0 Å². The molecule has 6 heteroatoms. The molecular weight excluding hydrogens is 292 g/mol. The Morgan fingerprint density at radius 1 is 1.30 bits per heavy atom. The van der Waals surface area contributed by atoms with Crippen LogP contribution in [0.15, 0.2) is 24.3 Å². The van der Waals surface area contributed by atoms with Gasteiger partial charge in [0.05, 0.1) is 0 Å². The number of anilines is 2. The number of hydrogen-bond donors (Lipinski definition) is 2. The topological polar surface area (TPSA) is 64.7 Å². The normalized spacial score (nSPS) is 15.2. The van der Waals surface area contributed by atoms with Crippen molar-refractivity contribution in [2.75, 3.05) is 36.9 Å². The van der Waals surface area contributed by atoms with Crippen molar-refractivity contribution in [1.29, 1.82) is 0 Å². The van der Waals surface area contributed by atoms with Crippen molar-refractivity contribution in [2.45, 2.75) is 32.7 Å². The summed E-state index contributed by atoms with van der Waals surface area (Å²) in [5.41, 5.74) is 1.85. The molecule has 0 spiro atoms. The molecule has 0 bridgehead atoms. The van der Waals surface area contributed by atoms with Crippen molar-refractivity contribution >= 4 is 23.3 Å². The van der Waals surface area contributed by atoms with Gasteiger partial charge in [0.25, 0.3) is 0 Å². The van der Waals surface area contributed by atoms with Gasteiger partial charge in [-0.25, -0.2) is 4.79 Å². The SMILES string of the molecule is CCN(C)C(=O)[C@H](C)NC(=O)Nc1cccc(N2CCCC2)c1. The summed E-state index contributed by atoms with van der Waals surface area (Å²) in [7, 11) is 1.72. The molecule has 2 N–H and O–H groups in total. The summed E-state index contributed by atoms with van der Waals surface area (Å²) in [4.78, 5) is 27.9. The van der Waals surface area contributed by atoms with Gasteiger partial charge in [0, 0.05) is 38.1 Å². The van der Waals surface area contributed by atoms with Crippen LogP contribution in [0.3, 0.4) is 0 Å². The fourth-order valence-electron chi connectivity index (χ4n) is 2.67. The Bertz CT molecular complexity index is 555. The third kappa shape index (κ3) is 4.61. The molecule has 2 rings (SSSR count). The molecule has 0 aliphatic carbocycles. The monoisotopic (exact) mass is 318 g/mol. The van der Waals surface area contributed by atoms with E-state index in [1.54, 1.807) is 18.9 Å². The molecule has 1 aliphatic rings. The molecule has 3 amide bonds. The Balaban J connectivity index is 1.92. The third-order valence-corrected chi connectivity index (χ3v) is 4.14. The van der Waals surface area contributed by atoms with Crippen LogP contribution >= 0.6 is 0 Å². The van der Waals surface area contributed by atoms with Gasteiger partial charge in [-0.05, 0) is 44.9 Å². The first-order valence-electron chi connectivity index (χ1n) is 8.18. The molecule has 1 aromatic rings. The molecule has 1 heterocycles. The van der Waals surface area contributed by atoms with E-state index in [4.69, 9.17) is 0 Å². The minimum Gasteiger partial charge on any atom is -0.371 e. The van der Waals surface area contributed by atoms with Gasteiger partial charge in [-0.2, -0.15) is 0 Å². The van der Waals surface area contributed by atoms with Crippen LogP contribution in [0.1, 0.15) is 26.7 Å². The second-order valence-corrected chi connectivity index (χ2v) is 5.92. The van der Waals surface area contributed by atoms with Crippen molar-refractivity contribution in [2.24, 2.45) is 0 Å². The molecule has 1 aromatic carbocycles. The molecule has 1 fully saturated rings. The van der Waals surface area contributed by atoms with Gasteiger partial charge in [-0.15, -0.1) is 0 Å². The molecule has 1 aliphatic heterocycles. The van der Waals surface area contributed by atoms with Crippen molar-refractivity contribution in [3.63, 3.8) is 0 Å². The highest BCUT2D eigenvalue weighted by atomic mass is 16.2. The van der Waals surface area contributed by atoms with Gasteiger partial charge in [0.1, 0.15) is 6.04 Å². The van der Waals surface area contributed by atoms with Crippen LogP contribution in [-0.2, 0) is 4.79 Å². The summed E-state index contributed by atoms with van der Waals surface area (Å²) in [6, 6.07) is 6.88. The summed E-state index contributed by atoms with van der Waals surface area (Å²) in [5.74, 6) is -0.103. The van der Waals surface area contributed by atoms with Crippen LogP contribution < -0.4 is 15.5 Å². The van der Waals surface area contributed by atoms with E-state index >= 15 is 0 Å². The van der Waals surface area contributed by atoms with Crippen LogP contribution in [0.4, 0.5) is 16.2 Å². The van der Waals surface area contributed by atoms with Crippen molar-refractivity contribution in [1.82, 2.24) is 10.2 Å². The van der Waals surface area contributed by atoms with Crippen LogP contribution in [0.25, 0.3) is 0 Å². The highest BCUT2D eigenvalue weighted by molar-refractivity contribution is 5.93. The molecule has 0 aromatic heterocycles. The van der Waals surface area contributed by atoms with Crippen molar-refractivity contribution < 1.29 is 9.59 Å². The molecule has 1 atom stereocenters. The second-order valence-electron chi connectivity index (χ2n) is 5.92. The van der Waals surface area contributed by atoms with Crippen molar-refractivity contribution in [3.05, 3.63) is 24.3 Å². The van der Waals surface area contributed by atoms with E-state index in [0.29, 0.717) is 6.54 Å². The Kier molecular flexibility index (Phi) is 5.84. The van der Waals surface area contributed by atoms with Gasteiger partial charge in [-0.3, -0.25) is 4.79 Å². The summed E-state index contributed by atoms with van der Waals surface area (Å²) in [6.07, 6.45) is 2.42. The number of hydrogen-bond acceptors (Lipinski definition) is 3. The molecule has 1 saturated heterocycles. The third-order valence-electron chi connectivity index (χ3n) is 4.14. The number of carbonyl (C=O) groups is 2. The first kappa shape index (κ1) is 17.1. The molecular formula is C17H26N4O2. The van der Waals surface area contributed by atoms with E-state index in [-0.39, 0.29) is 11.9 Å². The number of nitrogens with zero attached hydrogens (tertiary/aromatic N) is 2. The quantitative estimate of drug-likeness (QED) is 0.875. The summed E-state index contributed by atoms with van der Waals surface area (Å²) in [5, 5.41) is 5.48. The zero-order chi connectivity index (χ0) is 16.8. The number of rotatable bonds is 5. The number of benzene rings is 1. The van der Waals surface area contributed by atoms with E-state index in [2.05, 4.69) is 21.6 Å². The molecule has 0 saturated carbocycles. The fourth-order valence-corrected chi connectivity index (χ4v) is 2.67. The standard InChI is InChI=1S/C17H26N4O2/c1-4-20(3)16(22)13(2)18-17(23)19-14-8-7-9-15(12-14)21-10-5-6-11-21/h7-9,12-13H,4-6,10-11H2,1-3H3,(H2,18,19,23)/t13-/m0/s1. The lowest BCUT2D eigenvalue weighted by atomic mass is 10.2. The number of urea groups is 1. The smallest absolute Gasteiger partial charge is 0.319 e. The van der Waals surface area contributed by atoms with E-state index in [1.807, 2.05) is 25.1 Å². The molecule has 6 nitrogen and oxygen atoms in total. The molecule has 23 heavy (non-hydrogen) atoms. The first-order valence-corrected chi connectivity index (χ1v) is 8.18. The zero-order valence-corrected chi connectivity index (χ0v) is 14.1. The van der Waals surface area contributed by atoms with Crippen LogP contribution in [-0.4, -0.2) is 49.6 Å². The summed E-state index contributed by atoms with van der Waals surface area (Å²) >= 11 is 0. The average molecular weight is 318 g/mol. The van der Waals surface area contributed by atoms with Gasteiger partial charge >= 0.3 is 6.03 Å². The van der Waals surface area contributed by atoms with Gasteiger partial charge in [-0.1, -0.05) is 6.07 Å². The Morgan fingerprint density at radius 2 is 2.00 bits per heavy atom. The maximum absolute atomic E-state index is 12.1. The van der Waals surface area contributed by atoms with Gasteiger partial charge in [0.15, 0.2) is 0 Å². The second kappa shape index (κ2) is 7.85. The largest absolute Gasteiger partial charge is 0.371 e. The zero-order valence-electron chi connectivity index (χ0n) is 14.1. The van der Waals surface area contributed by atoms with E-state index in [9.17, 15) is 9.59 Å². The summed E-state index contributed by atoms with van der Waals surface area (Å²) in [6.45, 7) is 6.32. The fraction of sp³-hybridized carbons (Fsp3) is 0.529. The number of amides is 3. The summed E-state index contributed by atoms with van der Waals surface area (Å²) < 4.78 is 0. The van der Waals surface area contributed by atoms with E-state index in [0.717, 1.165) is 24.5 Å². The Labute approximate surface area is 137 Å². The number of carbonyl (C=O) groups excluding carboxylic acids is 2. The predicted octanol–water partition coefficient (Wildman–Crippen LogP) is 2.28. The molecule has 126 valence electrons. The Morgan fingerprint density at radius 3 is 2.65 bits per heavy atom. The minimum absolute atomic E-state index is 0.103. The van der Waals surface area contributed by atoms with Crippen LogP contribution in [0.2, 0.25) is 0 Å². The van der Waals surface area contributed by atoms with Crippen LogP contribution in [0.5, 0.6) is 0 Å². The van der Waals surface area contributed by atoms with Gasteiger partial charge < -0.3 is 20.4 Å². The maximum atomic E-state index is 12.1. The lowest BCUT2D eigenvalue weighted by Gasteiger charge is -2.21. The minimum atomic E-state index is -0.554. The Hall–Kier alpha value is -2.24. The lowest BCUT2D eigenvalue weighted by molar-refractivity contribution is -0.131. The lowest BCUT2D eigenvalue weighted by Crippen LogP contribution is -2.46. The number of nitrogens with one attached hydrogen (secondary N) is 2. The van der Waals surface area contributed by atoms with E-state index < -0.39 is 6.04 Å². The first-order chi connectivity index (χ1) is 11.0. The van der Waals surface area contributed by atoms with Gasteiger partial charge in [0.2, 0.25) is 5.91 Å². The maximum Gasteiger partial charge on any atom is 0.319 e. The average Bonchev–Trinajstić information content (AvgIpc) is 3.07. The number of likely N-dealkylation sites (N-methyl/N-ethyl adjacent to an activating group) is 1. The molecule has 0 radical (unpaired) electrons. The molecule has 0 unspecified atom stereocenters.